The van der Waals surface area contributed by atoms with Gasteiger partial charge in [0.15, 0.2) is 17.5 Å². The maximum absolute atomic E-state index is 12.8. The second-order valence-electron chi connectivity index (χ2n) is 8.61. The number of thiazole rings is 1. The van der Waals surface area contributed by atoms with Crippen molar-refractivity contribution >= 4 is 60.9 Å². The van der Waals surface area contributed by atoms with Crippen LogP contribution in [0, 0.1) is 0 Å². The summed E-state index contributed by atoms with van der Waals surface area (Å²) < 4.78 is 37.2. The predicted molar refractivity (Wildman–Crippen MR) is 142 cm³/mol. The second-order valence-corrected chi connectivity index (χ2v) is 10.8. The first-order chi connectivity index (χ1) is 18.7. The van der Waals surface area contributed by atoms with Gasteiger partial charge in [0, 0.05) is 30.1 Å². The van der Waals surface area contributed by atoms with Crippen LogP contribution in [0.15, 0.2) is 41.0 Å². The van der Waals surface area contributed by atoms with Crippen LogP contribution in [0.2, 0.25) is 0 Å². The Bertz CT molecular complexity index is 1540. The lowest BCUT2D eigenvalue weighted by Crippen LogP contribution is -2.65. The van der Waals surface area contributed by atoms with Crippen LogP contribution in [-0.2, 0) is 24.7 Å². The monoisotopic (exact) mass is 576 g/mol. The molecule has 0 radical (unpaired) electrons. The number of pyridine rings is 1. The minimum absolute atomic E-state index is 0.0227. The van der Waals surface area contributed by atoms with E-state index in [0.29, 0.717) is 11.8 Å². The molecule has 1 aromatic carbocycles. The van der Waals surface area contributed by atoms with Crippen molar-refractivity contribution in [3.05, 3.63) is 41.5 Å². The number of fused-ring (bicyclic) bond motifs is 1. The summed E-state index contributed by atoms with van der Waals surface area (Å²) in [6.45, 7) is 1.46. The number of carbonyl (C=O) groups excluding carboxylic acids is 2. The van der Waals surface area contributed by atoms with Gasteiger partial charge in [0.25, 0.3) is 11.8 Å². The van der Waals surface area contributed by atoms with E-state index >= 15 is 0 Å². The first-order valence-electron chi connectivity index (χ1n) is 11.7. The van der Waals surface area contributed by atoms with Crippen LogP contribution in [0.4, 0.5) is 10.9 Å². The average molecular weight is 577 g/mol. The highest BCUT2D eigenvalue weighted by atomic mass is 32.2. The minimum atomic E-state index is -4.69. The molecule has 39 heavy (non-hydrogen) atoms. The number of nitrogen functional groups attached to an aromatic ring is 1. The second kappa shape index (κ2) is 11.0. The first kappa shape index (κ1) is 26.5. The molecule has 2 aliphatic heterocycles. The van der Waals surface area contributed by atoms with Crippen LogP contribution in [0.3, 0.4) is 0 Å². The summed E-state index contributed by atoms with van der Waals surface area (Å²) in [7, 11) is -4.69. The van der Waals surface area contributed by atoms with Crippen molar-refractivity contribution in [2.45, 2.75) is 12.1 Å². The molecule has 5 rings (SSSR count). The molecule has 2 saturated heterocycles. The molecule has 15 nitrogen and oxygen atoms in total. The van der Waals surface area contributed by atoms with Gasteiger partial charge in [-0.3, -0.25) is 14.1 Å². The third-order valence-corrected chi connectivity index (χ3v) is 7.47. The molecular formula is C22H24N8O7S2. The number of nitrogens with two attached hydrogens (primary N) is 1. The van der Waals surface area contributed by atoms with Crippen LogP contribution in [0.1, 0.15) is 5.69 Å². The van der Waals surface area contributed by atoms with Crippen LogP contribution in [0.5, 0.6) is 5.75 Å². The number of hydrogen-bond donors (Lipinski definition) is 5. The van der Waals surface area contributed by atoms with Crippen LogP contribution in [0.25, 0.3) is 10.8 Å². The number of aromatic nitrogens is 2. The molecular weight excluding hydrogens is 552 g/mol. The summed E-state index contributed by atoms with van der Waals surface area (Å²) >= 11 is 1.07. The van der Waals surface area contributed by atoms with Gasteiger partial charge in [0.2, 0.25) is 0 Å². The number of oxime groups is 1. The van der Waals surface area contributed by atoms with Gasteiger partial charge in [0.1, 0.15) is 29.9 Å². The van der Waals surface area contributed by atoms with E-state index in [4.69, 9.17) is 19.9 Å². The maximum Gasteiger partial charge on any atom is 0.362 e. The maximum atomic E-state index is 12.8. The fourth-order valence-electron chi connectivity index (χ4n) is 3.79. The molecule has 2 aliphatic rings. The van der Waals surface area contributed by atoms with Gasteiger partial charge in [0.05, 0.1) is 12.6 Å². The Morgan fingerprint density at radius 1 is 1.31 bits per heavy atom. The SMILES string of the molecule is Nc1nc(/C(=N/OCCOc2ccc3c(NC4CNC4)nccc3c2)C(=O)NC2CN(S(=O)(=O)O)C2=O)cs1. The minimum Gasteiger partial charge on any atom is -0.490 e. The lowest BCUT2D eigenvalue weighted by molar-refractivity contribution is -0.139. The fraction of sp³-hybridized carbons (Fsp3) is 0.318. The third kappa shape index (κ3) is 6.00. The van der Waals surface area contributed by atoms with E-state index in [1.807, 2.05) is 24.3 Å². The summed E-state index contributed by atoms with van der Waals surface area (Å²) in [5.74, 6) is -0.396. The summed E-state index contributed by atoms with van der Waals surface area (Å²) in [6.07, 6.45) is 1.73. The van der Waals surface area contributed by atoms with E-state index < -0.39 is 34.7 Å². The van der Waals surface area contributed by atoms with E-state index in [9.17, 15) is 18.0 Å². The number of nitrogens with one attached hydrogen (secondary N) is 3. The smallest absolute Gasteiger partial charge is 0.362 e. The van der Waals surface area contributed by atoms with Gasteiger partial charge in [-0.1, -0.05) is 5.16 Å². The highest BCUT2D eigenvalue weighted by Crippen LogP contribution is 2.26. The number of amides is 2. The molecule has 2 amide bonds. The summed E-state index contributed by atoms with van der Waals surface area (Å²) in [5, 5.41) is 16.4. The van der Waals surface area contributed by atoms with E-state index in [-0.39, 0.29) is 34.1 Å². The Kier molecular flexibility index (Phi) is 7.47. The Labute approximate surface area is 226 Å². The van der Waals surface area contributed by atoms with Crippen molar-refractivity contribution in [2.24, 2.45) is 5.16 Å². The van der Waals surface area contributed by atoms with Gasteiger partial charge < -0.3 is 31.3 Å². The Balaban J connectivity index is 1.18. The number of nitrogens with zero attached hydrogens (tertiary/aromatic N) is 4. The van der Waals surface area contributed by atoms with Gasteiger partial charge >= 0.3 is 10.3 Å². The number of hydrogen-bond acceptors (Lipinski definition) is 13. The first-order valence-corrected chi connectivity index (χ1v) is 14.0. The van der Waals surface area contributed by atoms with Crippen molar-refractivity contribution < 1.29 is 32.1 Å². The topological polar surface area (TPSA) is 210 Å². The molecule has 1 unspecified atom stereocenters. The molecule has 2 aromatic heterocycles. The van der Waals surface area contributed by atoms with Gasteiger partial charge in [-0.25, -0.2) is 14.3 Å². The number of anilines is 2. The quantitative estimate of drug-likeness (QED) is 0.0648. The lowest BCUT2D eigenvalue weighted by Gasteiger charge is -2.35. The highest BCUT2D eigenvalue weighted by molar-refractivity contribution is 7.84. The molecule has 2 fully saturated rings. The highest BCUT2D eigenvalue weighted by Gasteiger charge is 2.45. The molecule has 17 heteroatoms. The van der Waals surface area contributed by atoms with Crippen molar-refractivity contribution in [3.63, 3.8) is 0 Å². The van der Waals surface area contributed by atoms with E-state index in [1.165, 1.54) is 5.38 Å². The molecule has 0 bridgehead atoms. The summed E-state index contributed by atoms with van der Waals surface area (Å²) in [4.78, 5) is 38.4. The van der Waals surface area contributed by atoms with Crippen molar-refractivity contribution in [2.75, 3.05) is 43.9 Å². The van der Waals surface area contributed by atoms with E-state index in [0.717, 1.165) is 41.0 Å². The van der Waals surface area contributed by atoms with Gasteiger partial charge in [-0.05, 0) is 29.7 Å². The van der Waals surface area contributed by atoms with Gasteiger partial charge in [-0.15, -0.1) is 11.3 Å². The number of ether oxygens (including phenoxy) is 1. The van der Waals surface area contributed by atoms with Gasteiger partial charge in [-0.2, -0.15) is 8.42 Å². The molecule has 206 valence electrons. The van der Waals surface area contributed by atoms with E-state index in [1.54, 1.807) is 6.20 Å². The number of benzene rings is 1. The lowest BCUT2D eigenvalue weighted by atomic mass is 10.1. The molecule has 3 aromatic rings. The van der Waals surface area contributed by atoms with Crippen LogP contribution >= 0.6 is 11.3 Å². The van der Waals surface area contributed by atoms with Crippen LogP contribution in [-0.4, -0.2) is 89.7 Å². The zero-order valence-electron chi connectivity index (χ0n) is 20.2. The molecule has 1 atom stereocenters. The molecule has 0 saturated carbocycles. The zero-order chi connectivity index (χ0) is 27.6. The summed E-state index contributed by atoms with van der Waals surface area (Å²) in [6, 6.07) is 6.70. The standard InChI is InChI=1S/C22H24N8O7S2/c23-22-28-17(11-38-22)18(20(31)27-16-10-30(21(16)32)39(33,34)35)29-37-6-5-36-14-1-2-15-12(7-14)3-4-25-19(15)26-13-8-24-9-13/h1-4,7,11,13,16,24H,5-6,8-10H2,(H2,23,28)(H,25,26)(H,27,31)(H,33,34,35)/b29-18-. The summed E-state index contributed by atoms with van der Waals surface area (Å²) in [5.41, 5.74) is 5.51. The number of carbonyl (C=O) groups is 2. The van der Waals surface area contributed by atoms with Crippen molar-refractivity contribution in [1.82, 2.24) is 24.9 Å². The van der Waals surface area contributed by atoms with E-state index in [2.05, 4.69) is 31.1 Å². The molecule has 0 aliphatic carbocycles. The fourth-order valence-corrected chi connectivity index (χ4v) is 5.03. The number of rotatable bonds is 11. The Hall–Kier alpha value is -4.06. The predicted octanol–water partition coefficient (Wildman–Crippen LogP) is -0.413. The normalized spacial score (nSPS) is 17.9. The third-order valence-electron chi connectivity index (χ3n) is 5.91. The average Bonchev–Trinajstić information content (AvgIpc) is 3.30. The van der Waals surface area contributed by atoms with Crippen molar-refractivity contribution in [3.8, 4) is 5.75 Å². The Morgan fingerprint density at radius 2 is 2.13 bits per heavy atom. The number of β-lactam (4-membered cyclic amide) rings is 1. The van der Waals surface area contributed by atoms with Crippen molar-refractivity contribution in [1.29, 1.82) is 0 Å². The molecule has 6 N–H and O–H groups in total. The zero-order valence-corrected chi connectivity index (χ0v) is 21.9. The van der Waals surface area contributed by atoms with Crippen LogP contribution < -0.4 is 26.4 Å². The molecule has 4 heterocycles. The Morgan fingerprint density at radius 3 is 2.79 bits per heavy atom. The molecule has 0 spiro atoms. The largest absolute Gasteiger partial charge is 0.490 e.